The van der Waals surface area contributed by atoms with Crippen molar-refractivity contribution in [1.29, 1.82) is 0 Å². The van der Waals surface area contributed by atoms with Gasteiger partial charge in [-0.05, 0) is 73.5 Å². The molecule has 0 amide bonds. The van der Waals surface area contributed by atoms with E-state index in [0.717, 1.165) is 29.7 Å². The molecule has 0 saturated heterocycles. The molecule has 3 fully saturated rings. The minimum Gasteiger partial charge on any atom is -0.310 e. The van der Waals surface area contributed by atoms with Crippen LogP contribution in [0.1, 0.15) is 59.8 Å². The fourth-order valence-electron chi connectivity index (χ4n) is 6.50. The van der Waals surface area contributed by atoms with E-state index in [1.165, 1.54) is 32.1 Å². The summed E-state index contributed by atoms with van der Waals surface area (Å²) < 4.78 is 0. The van der Waals surface area contributed by atoms with Gasteiger partial charge in [-0.1, -0.05) is 32.9 Å². The molecule has 0 aliphatic heterocycles. The molecule has 0 radical (unpaired) electrons. The predicted octanol–water partition coefficient (Wildman–Crippen LogP) is 4.39. The summed E-state index contributed by atoms with van der Waals surface area (Å²) in [5.41, 5.74) is 1.06. The lowest BCUT2D eigenvalue weighted by molar-refractivity contribution is 0.0893. The fraction of sp³-hybridized carbons (Fsp3) is 0.895. The second-order valence-corrected chi connectivity index (χ2v) is 9.25. The van der Waals surface area contributed by atoms with Crippen molar-refractivity contribution >= 4 is 0 Å². The van der Waals surface area contributed by atoms with Gasteiger partial charge in [-0.15, -0.1) is 0 Å². The van der Waals surface area contributed by atoms with Gasteiger partial charge in [0.15, 0.2) is 0 Å². The molecule has 0 aromatic heterocycles. The maximum Gasteiger partial charge on any atom is 0.0177 e. The summed E-state index contributed by atoms with van der Waals surface area (Å²) in [6.45, 7) is 10.1. The van der Waals surface area contributed by atoms with E-state index in [4.69, 9.17) is 0 Å². The van der Waals surface area contributed by atoms with E-state index in [0.29, 0.717) is 16.9 Å². The van der Waals surface area contributed by atoms with Gasteiger partial charge >= 0.3 is 0 Å². The molecule has 0 heterocycles. The largest absolute Gasteiger partial charge is 0.310 e. The third-order valence-electron chi connectivity index (χ3n) is 7.67. The molecular formula is C19H31N. The first-order chi connectivity index (χ1) is 9.40. The minimum atomic E-state index is 0.495. The van der Waals surface area contributed by atoms with Crippen molar-refractivity contribution in [2.45, 2.75) is 71.9 Å². The highest BCUT2D eigenvalue weighted by atomic mass is 15.0. The summed E-state index contributed by atoms with van der Waals surface area (Å²) in [7, 11) is 0. The first kappa shape index (κ1) is 13.4. The summed E-state index contributed by atoms with van der Waals surface area (Å²) in [6, 6.07) is 1.42. The van der Waals surface area contributed by atoms with Crippen LogP contribution in [0.3, 0.4) is 0 Å². The van der Waals surface area contributed by atoms with Crippen LogP contribution >= 0.6 is 0 Å². The lowest BCUT2D eigenvalue weighted by atomic mass is 9.68. The molecule has 4 aliphatic rings. The highest BCUT2D eigenvalue weighted by molar-refractivity contribution is 5.15. The number of nitrogens with one attached hydrogen (secondary N) is 1. The van der Waals surface area contributed by atoms with E-state index in [1.54, 1.807) is 0 Å². The van der Waals surface area contributed by atoms with Gasteiger partial charge < -0.3 is 5.32 Å². The molecule has 1 nitrogen and oxygen atoms in total. The molecule has 0 spiro atoms. The van der Waals surface area contributed by atoms with Gasteiger partial charge in [-0.3, -0.25) is 0 Å². The van der Waals surface area contributed by atoms with E-state index in [2.05, 4.69) is 45.2 Å². The SMILES string of the molecule is CC(NC1C2(C)CCC(C2)C1(C)C)C1CC2C=CC1C2. The zero-order chi connectivity index (χ0) is 14.1. The smallest absolute Gasteiger partial charge is 0.0177 e. The van der Waals surface area contributed by atoms with Crippen LogP contribution in [-0.2, 0) is 0 Å². The normalized spacial score (nSPS) is 52.9. The maximum absolute atomic E-state index is 4.13. The Labute approximate surface area is 124 Å². The van der Waals surface area contributed by atoms with E-state index < -0.39 is 0 Å². The third kappa shape index (κ3) is 1.71. The standard InChI is InChI=1S/C19H31N/c1-12(16-10-13-5-6-14(16)9-13)20-17-18(2,3)15-7-8-19(17,4)11-15/h5-6,12-17,20H,7-11H2,1-4H3. The Balaban J connectivity index is 1.50. The molecular weight excluding hydrogens is 242 g/mol. The zero-order valence-electron chi connectivity index (χ0n) is 13.7. The molecule has 20 heavy (non-hydrogen) atoms. The summed E-state index contributed by atoms with van der Waals surface area (Å²) in [6.07, 6.45) is 12.2. The van der Waals surface area contributed by atoms with Gasteiger partial charge in [0.1, 0.15) is 0 Å². The third-order valence-corrected chi connectivity index (χ3v) is 7.67. The highest BCUT2D eigenvalue weighted by Crippen LogP contribution is 2.62. The van der Waals surface area contributed by atoms with E-state index in [-0.39, 0.29) is 0 Å². The summed E-state index contributed by atoms with van der Waals surface area (Å²) >= 11 is 0. The van der Waals surface area contributed by atoms with Crippen molar-refractivity contribution in [2.75, 3.05) is 0 Å². The monoisotopic (exact) mass is 273 g/mol. The average Bonchev–Trinajstić information content (AvgIpc) is 3.11. The summed E-state index contributed by atoms with van der Waals surface area (Å²) in [5, 5.41) is 4.13. The molecule has 7 atom stereocenters. The maximum atomic E-state index is 4.13. The Bertz CT molecular complexity index is 432. The average molecular weight is 273 g/mol. The van der Waals surface area contributed by atoms with Crippen molar-refractivity contribution in [2.24, 2.45) is 34.5 Å². The number of rotatable bonds is 3. The Hall–Kier alpha value is -0.300. The second-order valence-electron chi connectivity index (χ2n) is 9.25. The summed E-state index contributed by atoms with van der Waals surface area (Å²) in [5.74, 6) is 3.62. The quantitative estimate of drug-likeness (QED) is 0.752. The van der Waals surface area contributed by atoms with Gasteiger partial charge in [0.25, 0.3) is 0 Å². The van der Waals surface area contributed by atoms with E-state index in [9.17, 15) is 0 Å². The molecule has 112 valence electrons. The highest BCUT2D eigenvalue weighted by Gasteiger charge is 2.59. The van der Waals surface area contributed by atoms with Crippen molar-refractivity contribution in [3.8, 4) is 0 Å². The van der Waals surface area contributed by atoms with Crippen LogP contribution in [0.25, 0.3) is 0 Å². The molecule has 7 unspecified atom stereocenters. The Morgan fingerprint density at radius 2 is 1.95 bits per heavy atom. The van der Waals surface area contributed by atoms with Gasteiger partial charge in [0.05, 0.1) is 0 Å². The topological polar surface area (TPSA) is 12.0 Å². The molecule has 1 heteroatoms. The lowest BCUT2D eigenvalue weighted by Crippen LogP contribution is -2.55. The molecule has 1 N–H and O–H groups in total. The van der Waals surface area contributed by atoms with E-state index in [1.807, 2.05) is 0 Å². The molecule has 0 aromatic rings. The Morgan fingerprint density at radius 1 is 1.15 bits per heavy atom. The van der Waals surface area contributed by atoms with Gasteiger partial charge in [0, 0.05) is 12.1 Å². The lowest BCUT2D eigenvalue weighted by Gasteiger charge is -2.46. The molecule has 3 saturated carbocycles. The van der Waals surface area contributed by atoms with Crippen molar-refractivity contribution in [1.82, 2.24) is 5.32 Å². The van der Waals surface area contributed by atoms with Crippen LogP contribution in [0.15, 0.2) is 12.2 Å². The predicted molar refractivity (Wildman–Crippen MR) is 84.5 cm³/mol. The van der Waals surface area contributed by atoms with Crippen LogP contribution < -0.4 is 5.32 Å². The van der Waals surface area contributed by atoms with Crippen molar-refractivity contribution < 1.29 is 0 Å². The minimum absolute atomic E-state index is 0.495. The van der Waals surface area contributed by atoms with Crippen LogP contribution in [-0.4, -0.2) is 12.1 Å². The Morgan fingerprint density at radius 3 is 2.50 bits per heavy atom. The molecule has 4 bridgehead atoms. The van der Waals surface area contributed by atoms with Gasteiger partial charge in [-0.25, -0.2) is 0 Å². The van der Waals surface area contributed by atoms with Gasteiger partial charge in [0.2, 0.25) is 0 Å². The molecule has 0 aromatic carbocycles. The van der Waals surface area contributed by atoms with Crippen molar-refractivity contribution in [3.05, 3.63) is 12.2 Å². The number of allylic oxidation sites excluding steroid dienone is 2. The van der Waals surface area contributed by atoms with Crippen molar-refractivity contribution in [3.63, 3.8) is 0 Å². The van der Waals surface area contributed by atoms with Crippen LogP contribution in [0.2, 0.25) is 0 Å². The van der Waals surface area contributed by atoms with Crippen LogP contribution in [0, 0.1) is 34.5 Å². The number of hydrogen-bond donors (Lipinski definition) is 1. The summed E-state index contributed by atoms with van der Waals surface area (Å²) in [4.78, 5) is 0. The second kappa shape index (κ2) is 4.12. The molecule has 4 rings (SSSR count). The number of fused-ring (bicyclic) bond motifs is 4. The fourth-order valence-corrected chi connectivity index (χ4v) is 6.50. The molecule has 4 aliphatic carbocycles. The zero-order valence-corrected chi connectivity index (χ0v) is 13.7. The first-order valence-corrected chi connectivity index (χ1v) is 8.84. The Kier molecular flexibility index (Phi) is 2.76. The van der Waals surface area contributed by atoms with Crippen LogP contribution in [0.5, 0.6) is 0 Å². The van der Waals surface area contributed by atoms with E-state index >= 15 is 0 Å². The number of hydrogen-bond acceptors (Lipinski definition) is 1. The first-order valence-electron chi connectivity index (χ1n) is 8.84. The van der Waals surface area contributed by atoms with Crippen LogP contribution in [0.4, 0.5) is 0 Å². The van der Waals surface area contributed by atoms with Gasteiger partial charge in [-0.2, -0.15) is 0 Å².